The van der Waals surface area contributed by atoms with Gasteiger partial charge in [0, 0.05) is 94.0 Å². The molecule has 4 aromatic heterocycles. The summed E-state index contributed by atoms with van der Waals surface area (Å²) < 4.78 is 0. The summed E-state index contributed by atoms with van der Waals surface area (Å²) in [6.07, 6.45) is 12.4. The molecule has 8 bridgehead atoms. The van der Waals surface area contributed by atoms with Crippen molar-refractivity contribution in [1.29, 1.82) is 0 Å². The van der Waals surface area contributed by atoms with Crippen molar-refractivity contribution < 1.29 is 44.1 Å². The number of carboxylic acid groups (broad SMARTS) is 3. The minimum atomic E-state index is -1.31. The van der Waals surface area contributed by atoms with E-state index in [2.05, 4.69) is 64.7 Å². The van der Waals surface area contributed by atoms with E-state index >= 15 is 0 Å². The second-order valence-electron chi connectivity index (χ2n) is 20.9. The number of unbranched alkanes of at least 4 members (excludes halogenated alkanes) is 3. The van der Waals surface area contributed by atoms with Crippen LogP contribution in [0.4, 0.5) is 11.6 Å². The van der Waals surface area contributed by atoms with Crippen LogP contribution in [0.2, 0.25) is 0 Å². The molecular weight excluding hydrogens is 1050 g/mol. The summed E-state index contributed by atoms with van der Waals surface area (Å²) in [6.45, 7) is 14.8. The number of aromatic amines is 3. The van der Waals surface area contributed by atoms with E-state index in [4.69, 9.17) is 15.7 Å². The molecule has 12 N–H and O–H groups in total. The number of amides is 3. The highest BCUT2D eigenvalue weighted by Crippen LogP contribution is 2.42. The van der Waals surface area contributed by atoms with Gasteiger partial charge < -0.3 is 52.3 Å². The van der Waals surface area contributed by atoms with E-state index in [9.17, 15) is 48.9 Å². The number of carboxylic acids is 3. The standard InChI is InChI=1S/C59H69N13O10/c1-7-36-29(3)41-24-43-31(5)38(51(68-43)39(23-49(75)76)52-50(58(81)82)32(6)44(69-52)26-46-37(8-2)30(4)42(67-46)25-45(36)66-41)17-19-47(73)61-21-11-9-10-12-22-62-48(74)20-18-40(57(79)80)70-55(77)33-13-15-34(16-14-33)63-27-35-28-64-54-53(65-35)56(78)72-59(60)71-54/h7,13-16,24-26,28,31,38-40,52,63,66-67H,1,8-12,17-23,27H2,2-6H3,(H,61,73)(H,62,74)(H,70,77)(H,75,76)(H,79,80)(H,81,82)(H3,60,64,71,72,78)/b42-25?,43-24-,46-26?. The van der Waals surface area contributed by atoms with Crippen LogP contribution in [0, 0.1) is 31.6 Å². The number of fused-ring (bicyclic) bond motifs is 7. The highest BCUT2D eigenvalue weighted by atomic mass is 16.4. The number of carbonyl (C=O) groups excluding carboxylic acids is 3. The Bertz CT molecular complexity index is 3680. The number of hydrogen-bond acceptors (Lipinski definition) is 14. The summed E-state index contributed by atoms with van der Waals surface area (Å²) in [5.74, 6) is -6.45. The normalized spacial score (nSPS) is 18.3. The highest BCUT2D eigenvalue weighted by Gasteiger charge is 2.45. The third-order valence-corrected chi connectivity index (χ3v) is 15.5. The van der Waals surface area contributed by atoms with Crippen LogP contribution in [0.1, 0.15) is 128 Å². The fourth-order valence-electron chi connectivity index (χ4n) is 11.0. The molecule has 5 unspecified atom stereocenters. The number of nitrogens with one attached hydrogen (secondary N) is 7. The van der Waals surface area contributed by atoms with E-state index in [1.165, 1.54) is 18.3 Å². The Morgan fingerprint density at radius 1 is 0.841 bits per heavy atom. The van der Waals surface area contributed by atoms with Crippen LogP contribution < -0.4 is 43.3 Å². The molecule has 0 fully saturated rings. The first-order valence-corrected chi connectivity index (χ1v) is 27.5. The lowest BCUT2D eigenvalue weighted by atomic mass is 9.76. The number of H-pyrrole nitrogens is 3. The van der Waals surface area contributed by atoms with Crippen LogP contribution in [-0.2, 0) is 36.9 Å². The zero-order valence-electron chi connectivity index (χ0n) is 46.5. The van der Waals surface area contributed by atoms with E-state index in [1.54, 1.807) is 19.1 Å². The largest absolute Gasteiger partial charge is 0.481 e. The van der Waals surface area contributed by atoms with E-state index in [-0.39, 0.29) is 71.8 Å². The second kappa shape index (κ2) is 25.9. The molecule has 430 valence electrons. The molecule has 0 spiro atoms. The number of allylic oxidation sites excluding steroid dienone is 2. The third kappa shape index (κ3) is 13.5. The molecule has 82 heavy (non-hydrogen) atoms. The van der Waals surface area contributed by atoms with Crippen molar-refractivity contribution >= 4 is 94.2 Å². The molecule has 3 aliphatic heterocycles. The maximum absolute atomic E-state index is 13.5. The van der Waals surface area contributed by atoms with Crippen LogP contribution >= 0.6 is 0 Å². The number of aliphatic imine (C=N–C) groups is 2. The van der Waals surface area contributed by atoms with Gasteiger partial charge in [0.25, 0.3) is 11.5 Å². The average Bonchev–Trinajstić information content (AvgIpc) is 3.07. The molecule has 3 amide bonds. The van der Waals surface area contributed by atoms with Gasteiger partial charge in [0.15, 0.2) is 11.2 Å². The molecule has 1 aromatic carbocycles. The van der Waals surface area contributed by atoms with Crippen molar-refractivity contribution in [3.63, 3.8) is 0 Å². The van der Waals surface area contributed by atoms with Crippen molar-refractivity contribution in [2.45, 2.75) is 117 Å². The predicted octanol–water partition coefficient (Wildman–Crippen LogP) is 4.61. The molecule has 23 nitrogen and oxygen atoms in total. The number of nitrogens with two attached hydrogens (primary N) is 1. The van der Waals surface area contributed by atoms with Crippen molar-refractivity contribution in [2.75, 3.05) is 24.1 Å². The van der Waals surface area contributed by atoms with E-state index in [0.29, 0.717) is 72.8 Å². The van der Waals surface area contributed by atoms with Gasteiger partial charge in [-0.15, -0.1) is 0 Å². The van der Waals surface area contributed by atoms with Gasteiger partial charge in [-0.1, -0.05) is 39.3 Å². The number of nitrogens with zero attached hydrogens (tertiary/aromatic N) is 5. The molecule has 7 heterocycles. The number of anilines is 2. The summed E-state index contributed by atoms with van der Waals surface area (Å²) in [5.41, 5.74) is 14.1. The van der Waals surface area contributed by atoms with E-state index in [1.807, 2.05) is 45.1 Å². The van der Waals surface area contributed by atoms with Crippen molar-refractivity contribution in [3.05, 3.63) is 120 Å². The Balaban J connectivity index is 0.808. The molecule has 23 heteroatoms. The van der Waals surface area contributed by atoms with Gasteiger partial charge in [-0.25, -0.2) is 19.6 Å². The number of aromatic nitrogens is 6. The summed E-state index contributed by atoms with van der Waals surface area (Å²) in [5, 5.41) is 44.0. The topological polar surface area (TPSA) is 365 Å². The molecule has 0 saturated carbocycles. The lowest BCUT2D eigenvalue weighted by molar-refractivity contribution is -0.140. The summed E-state index contributed by atoms with van der Waals surface area (Å²) in [4.78, 5) is 121. The highest BCUT2D eigenvalue weighted by molar-refractivity contribution is 6.25. The molecule has 0 aliphatic carbocycles. The molecule has 3 aliphatic rings. The Kier molecular flexibility index (Phi) is 18.6. The van der Waals surface area contributed by atoms with Gasteiger partial charge >= 0.3 is 17.9 Å². The van der Waals surface area contributed by atoms with E-state index in [0.717, 1.165) is 57.2 Å². The summed E-state index contributed by atoms with van der Waals surface area (Å²) in [7, 11) is 0. The number of carbonyl (C=O) groups is 6. The van der Waals surface area contributed by atoms with Gasteiger partial charge in [-0.05, 0) is 118 Å². The molecule has 5 atom stereocenters. The zero-order valence-corrected chi connectivity index (χ0v) is 46.5. The summed E-state index contributed by atoms with van der Waals surface area (Å²) in [6, 6.07) is 3.92. The van der Waals surface area contributed by atoms with Crippen molar-refractivity contribution in [1.82, 2.24) is 45.9 Å². The van der Waals surface area contributed by atoms with Crippen LogP contribution in [0.25, 0.3) is 35.5 Å². The van der Waals surface area contributed by atoms with Gasteiger partial charge in [0.05, 0.1) is 42.2 Å². The maximum atomic E-state index is 13.5. The van der Waals surface area contributed by atoms with Crippen LogP contribution in [0.3, 0.4) is 0 Å². The van der Waals surface area contributed by atoms with Crippen LogP contribution in [0.5, 0.6) is 0 Å². The van der Waals surface area contributed by atoms with E-state index < -0.39 is 59.7 Å². The minimum absolute atomic E-state index is 0.0171. The second-order valence-corrected chi connectivity index (χ2v) is 20.9. The van der Waals surface area contributed by atoms with Gasteiger partial charge in [-0.2, -0.15) is 4.98 Å². The summed E-state index contributed by atoms with van der Waals surface area (Å²) >= 11 is 0. The quantitative estimate of drug-likeness (QED) is 0.0376. The molecular formula is C59H69N13O10. The van der Waals surface area contributed by atoms with Crippen molar-refractivity contribution in [3.8, 4) is 0 Å². The number of aliphatic carboxylic acids is 3. The third-order valence-electron chi connectivity index (χ3n) is 15.5. The first-order valence-electron chi connectivity index (χ1n) is 27.5. The Morgan fingerprint density at radius 2 is 1.55 bits per heavy atom. The predicted molar refractivity (Wildman–Crippen MR) is 311 cm³/mol. The lowest BCUT2D eigenvalue weighted by Gasteiger charge is -2.27. The molecule has 0 saturated heterocycles. The number of benzene rings is 1. The fraction of sp³-hybridized carbons (Fsp3) is 0.390. The van der Waals surface area contributed by atoms with Crippen LogP contribution in [-0.4, -0.2) is 117 Å². The number of nitrogen functional groups attached to an aromatic ring is 1. The SMILES string of the molecule is C=Cc1c2[nH]c(c1C)/C=C1\N=C(C(CC(=O)O)C3N=C(C=c4[nH]c(c(C)c4CC)=C2)C(C)=C3C(=O)O)C(CCC(=O)NCCCCCCNC(=O)CCC(NC(=O)c2ccc(NCc3cnc4nc(N)[nH]c(=O)c4n3)cc2)C(=O)O)C1C. The first kappa shape index (κ1) is 58.9. The first-order chi connectivity index (χ1) is 39.2. The smallest absolute Gasteiger partial charge is 0.334 e. The molecule has 8 rings (SSSR count). The Hall–Kier alpha value is -9.28. The Morgan fingerprint density at radius 3 is 2.21 bits per heavy atom. The zero-order chi connectivity index (χ0) is 58.9. The van der Waals surface area contributed by atoms with Crippen LogP contribution in [0.15, 0.2) is 68.7 Å². The van der Waals surface area contributed by atoms with Gasteiger partial charge in [0.1, 0.15) is 6.04 Å². The number of rotatable bonds is 24. The number of hydrogen-bond donors (Lipinski definition) is 11. The van der Waals surface area contributed by atoms with Gasteiger partial charge in [-0.3, -0.25) is 38.9 Å². The average molecular weight is 1120 g/mol. The Labute approximate surface area is 471 Å². The monoisotopic (exact) mass is 1120 g/mol. The van der Waals surface area contributed by atoms with Gasteiger partial charge in [0.2, 0.25) is 17.8 Å². The molecule has 0 radical (unpaired) electrons. The fourth-order valence-corrected chi connectivity index (χ4v) is 11.0. The minimum Gasteiger partial charge on any atom is -0.481 e. The molecule has 5 aromatic rings. The lowest BCUT2D eigenvalue weighted by Crippen LogP contribution is -2.41. The van der Waals surface area contributed by atoms with Crippen molar-refractivity contribution in [2.24, 2.45) is 27.7 Å². The maximum Gasteiger partial charge on any atom is 0.334 e.